The highest BCUT2D eigenvalue weighted by Gasteiger charge is 2.16. The Balaban J connectivity index is 2.10. The molecule has 0 aliphatic rings. The number of aromatic amines is 1. The molecule has 0 atom stereocenters. The van der Waals surface area contributed by atoms with Gasteiger partial charge in [-0.05, 0) is 10.8 Å². The maximum Gasteiger partial charge on any atom is 0.252 e. The van der Waals surface area contributed by atoms with Crippen LogP contribution < -0.4 is 5.56 Å². The number of nitrogens with one attached hydrogen (secondary N) is 1. The van der Waals surface area contributed by atoms with E-state index in [1.165, 1.54) is 6.20 Å². The second-order valence-electron chi connectivity index (χ2n) is 5.26. The van der Waals surface area contributed by atoms with Gasteiger partial charge in [0.05, 0.1) is 10.9 Å². The fourth-order valence-corrected chi connectivity index (χ4v) is 2.78. The third kappa shape index (κ3) is 2.05. The number of hydrogen-bond acceptors (Lipinski definition) is 3. The molecule has 2 N–H and O–H groups in total. The van der Waals surface area contributed by atoms with Crippen LogP contribution in [0.5, 0.6) is 5.75 Å². The zero-order valence-electron chi connectivity index (χ0n) is 11.9. The molecule has 4 nitrogen and oxygen atoms in total. The maximum absolute atomic E-state index is 14.9. The van der Waals surface area contributed by atoms with Crippen LogP contribution >= 0.6 is 0 Å². The SMILES string of the molecule is O=c1cc(O)c2cnc(-c3cccc4ccccc34)c(F)c2[nH]1. The predicted octanol–water partition coefficient (Wildman–Crippen LogP) is 3.59. The van der Waals surface area contributed by atoms with Crippen molar-refractivity contribution in [3.63, 3.8) is 0 Å². The molecule has 0 saturated carbocycles. The van der Waals surface area contributed by atoms with E-state index in [-0.39, 0.29) is 22.3 Å². The molecule has 0 spiro atoms. The maximum atomic E-state index is 14.9. The van der Waals surface area contributed by atoms with Gasteiger partial charge in [-0.3, -0.25) is 9.78 Å². The monoisotopic (exact) mass is 306 g/mol. The lowest BCUT2D eigenvalue weighted by atomic mass is 10.0. The molecule has 4 rings (SSSR count). The Kier molecular flexibility index (Phi) is 2.87. The van der Waals surface area contributed by atoms with Crippen molar-refractivity contribution in [2.24, 2.45) is 0 Å². The quantitative estimate of drug-likeness (QED) is 0.565. The molecule has 0 fully saturated rings. The van der Waals surface area contributed by atoms with E-state index >= 15 is 0 Å². The zero-order valence-corrected chi connectivity index (χ0v) is 11.9. The van der Waals surface area contributed by atoms with Gasteiger partial charge in [-0.1, -0.05) is 42.5 Å². The second-order valence-corrected chi connectivity index (χ2v) is 5.26. The van der Waals surface area contributed by atoms with E-state index in [2.05, 4.69) is 9.97 Å². The van der Waals surface area contributed by atoms with Crippen molar-refractivity contribution >= 4 is 21.7 Å². The molecule has 112 valence electrons. The molecule has 0 aliphatic carbocycles. The van der Waals surface area contributed by atoms with Crippen molar-refractivity contribution in [1.29, 1.82) is 0 Å². The highest BCUT2D eigenvalue weighted by molar-refractivity contribution is 5.98. The van der Waals surface area contributed by atoms with Gasteiger partial charge in [0.2, 0.25) is 0 Å². The van der Waals surface area contributed by atoms with Crippen LogP contribution in [0.4, 0.5) is 4.39 Å². The predicted molar refractivity (Wildman–Crippen MR) is 86.9 cm³/mol. The summed E-state index contributed by atoms with van der Waals surface area (Å²) in [4.78, 5) is 18.1. The number of benzene rings is 2. The van der Waals surface area contributed by atoms with Crippen LogP contribution in [0.2, 0.25) is 0 Å². The average molecular weight is 306 g/mol. The zero-order chi connectivity index (χ0) is 16.0. The van der Waals surface area contributed by atoms with Crippen LogP contribution in [-0.4, -0.2) is 15.1 Å². The summed E-state index contributed by atoms with van der Waals surface area (Å²) in [5, 5.41) is 11.8. The summed E-state index contributed by atoms with van der Waals surface area (Å²) < 4.78 is 14.9. The van der Waals surface area contributed by atoms with Crippen molar-refractivity contribution < 1.29 is 9.50 Å². The molecule has 2 aromatic carbocycles. The molecule has 0 radical (unpaired) electrons. The van der Waals surface area contributed by atoms with Crippen molar-refractivity contribution in [2.75, 3.05) is 0 Å². The first-order valence-corrected chi connectivity index (χ1v) is 7.04. The van der Waals surface area contributed by atoms with Gasteiger partial charge in [-0.2, -0.15) is 0 Å². The first-order chi connectivity index (χ1) is 11.1. The summed E-state index contributed by atoms with van der Waals surface area (Å²) in [5.41, 5.74) is 0.152. The topological polar surface area (TPSA) is 66.0 Å². The Morgan fingerprint density at radius 1 is 1.04 bits per heavy atom. The minimum Gasteiger partial charge on any atom is -0.507 e. The Hall–Kier alpha value is -3.21. The summed E-state index contributed by atoms with van der Waals surface area (Å²) in [6, 6.07) is 14.2. The molecule has 0 amide bonds. The minimum absolute atomic E-state index is 0.0482. The van der Waals surface area contributed by atoms with E-state index < -0.39 is 11.4 Å². The Bertz CT molecular complexity index is 1110. The normalized spacial score (nSPS) is 11.2. The Morgan fingerprint density at radius 2 is 1.83 bits per heavy atom. The lowest BCUT2D eigenvalue weighted by molar-refractivity contribution is 0.480. The van der Waals surface area contributed by atoms with Crippen molar-refractivity contribution in [2.45, 2.75) is 0 Å². The number of aromatic nitrogens is 2. The summed E-state index contributed by atoms with van der Waals surface area (Å²) >= 11 is 0. The van der Waals surface area contributed by atoms with Crippen LogP contribution in [0.25, 0.3) is 32.9 Å². The van der Waals surface area contributed by atoms with E-state index in [0.717, 1.165) is 16.8 Å². The molecule has 23 heavy (non-hydrogen) atoms. The van der Waals surface area contributed by atoms with Gasteiger partial charge in [0.25, 0.3) is 5.56 Å². The van der Waals surface area contributed by atoms with E-state index in [4.69, 9.17) is 0 Å². The van der Waals surface area contributed by atoms with Gasteiger partial charge >= 0.3 is 0 Å². The first-order valence-electron chi connectivity index (χ1n) is 7.04. The molecule has 4 aromatic rings. The van der Waals surface area contributed by atoms with Gasteiger partial charge in [-0.25, -0.2) is 4.39 Å². The summed E-state index contributed by atoms with van der Waals surface area (Å²) in [5.74, 6) is -0.952. The average Bonchev–Trinajstić information content (AvgIpc) is 2.55. The summed E-state index contributed by atoms with van der Waals surface area (Å²) in [6.07, 6.45) is 1.36. The van der Waals surface area contributed by atoms with Gasteiger partial charge in [-0.15, -0.1) is 0 Å². The van der Waals surface area contributed by atoms with Crippen LogP contribution in [0.1, 0.15) is 0 Å². The molecule has 2 heterocycles. The molecule has 2 aromatic heterocycles. The first kappa shape index (κ1) is 13.5. The fourth-order valence-electron chi connectivity index (χ4n) is 2.78. The summed E-state index contributed by atoms with van der Waals surface area (Å²) in [7, 11) is 0. The van der Waals surface area contributed by atoms with Gasteiger partial charge in [0.1, 0.15) is 11.4 Å². The molecular formula is C18H11FN2O2. The fraction of sp³-hybridized carbons (Fsp3) is 0. The number of nitrogens with zero attached hydrogens (tertiary/aromatic N) is 1. The van der Waals surface area contributed by atoms with E-state index in [1.54, 1.807) is 6.07 Å². The Morgan fingerprint density at radius 3 is 2.70 bits per heavy atom. The minimum atomic E-state index is -0.660. The smallest absolute Gasteiger partial charge is 0.252 e. The number of fused-ring (bicyclic) bond motifs is 2. The number of aromatic hydroxyl groups is 1. The number of H-pyrrole nitrogens is 1. The van der Waals surface area contributed by atoms with Crippen molar-refractivity contribution in [3.8, 4) is 17.0 Å². The van der Waals surface area contributed by atoms with Gasteiger partial charge < -0.3 is 10.1 Å². The molecule has 0 aliphatic heterocycles. The largest absolute Gasteiger partial charge is 0.507 e. The Labute approximate surface area is 129 Å². The standard InChI is InChI=1S/C18H11FN2O2/c19-16-17(12-7-3-5-10-4-1-2-6-11(10)12)20-9-13-14(22)8-15(23)21-18(13)16/h1-9H,(H2,21,22,23). The highest BCUT2D eigenvalue weighted by Crippen LogP contribution is 2.32. The lowest BCUT2D eigenvalue weighted by Gasteiger charge is -2.09. The molecule has 0 bridgehead atoms. The third-order valence-electron chi connectivity index (χ3n) is 3.86. The van der Waals surface area contributed by atoms with Crippen LogP contribution in [0.15, 0.2) is 59.5 Å². The van der Waals surface area contributed by atoms with Crippen LogP contribution in [0.3, 0.4) is 0 Å². The number of hydrogen-bond donors (Lipinski definition) is 2. The van der Waals surface area contributed by atoms with Crippen LogP contribution in [0, 0.1) is 5.82 Å². The second kappa shape index (κ2) is 4.91. The van der Waals surface area contributed by atoms with E-state index in [0.29, 0.717) is 5.56 Å². The van der Waals surface area contributed by atoms with Gasteiger partial charge in [0, 0.05) is 17.8 Å². The third-order valence-corrected chi connectivity index (χ3v) is 3.86. The van der Waals surface area contributed by atoms with E-state index in [9.17, 15) is 14.3 Å². The number of pyridine rings is 2. The molecule has 5 heteroatoms. The lowest BCUT2D eigenvalue weighted by Crippen LogP contribution is -2.05. The van der Waals surface area contributed by atoms with Crippen LogP contribution in [-0.2, 0) is 0 Å². The highest BCUT2D eigenvalue weighted by atomic mass is 19.1. The number of rotatable bonds is 1. The van der Waals surface area contributed by atoms with E-state index in [1.807, 2.05) is 36.4 Å². The molecule has 0 unspecified atom stereocenters. The summed E-state index contributed by atoms with van der Waals surface area (Å²) in [6.45, 7) is 0. The molecular weight excluding hydrogens is 295 g/mol. The number of halogens is 1. The molecule has 0 saturated heterocycles. The van der Waals surface area contributed by atoms with Crippen molar-refractivity contribution in [1.82, 2.24) is 9.97 Å². The van der Waals surface area contributed by atoms with Gasteiger partial charge in [0.15, 0.2) is 5.82 Å². The van der Waals surface area contributed by atoms with Crippen molar-refractivity contribution in [3.05, 3.63) is 70.9 Å².